The molecule has 3 N–H and O–H groups in total. The Hall–Kier alpha value is -0.650. The number of carbonyl (C=O) groups excluding carboxylic acids is 1. The lowest BCUT2D eigenvalue weighted by Gasteiger charge is -2.13. The topological polar surface area (TPSA) is 81.8 Å². The summed E-state index contributed by atoms with van der Waals surface area (Å²) >= 11 is 0. The molecular formula is C10H21NO4. The summed E-state index contributed by atoms with van der Waals surface area (Å²) in [6.07, 6.45) is 0.621. The van der Waals surface area contributed by atoms with Crippen LogP contribution < -0.4 is 5.73 Å². The van der Waals surface area contributed by atoms with Crippen LogP contribution in [0.25, 0.3) is 0 Å². The first-order chi connectivity index (χ1) is 7.07. The summed E-state index contributed by atoms with van der Waals surface area (Å²) in [5.74, 6) is -0.0190. The first-order valence-electron chi connectivity index (χ1n) is 5.18. The highest BCUT2D eigenvalue weighted by atomic mass is 16.6. The van der Waals surface area contributed by atoms with E-state index in [2.05, 4.69) is 0 Å². The number of ether oxygens (including phenoxy) is 2. The van der Waals surface area contributed by atoms with Gasteiger partial charge in [-0.3, -0.25) is 4.79 Å². The number of hydrogen-bond donors (Lipinski definition) is 2. The number of aliphatic hydroxyl groups is 1. The van der Waals surface area contributed by atoms with Crippen molar-refractivity contribution in [1.29, 1.82) is 0 Å². The van der Waals surface area contributed by atoms with Crippen LogP contribution in [0.4, 0.5) is 0 Å². The number of esters is 1. The van der Waals surface area contributed by atoms with Crippen molar-refractivity contribution in [2.24, 2.45) is 11.7 Å². The fourth-order valence-electron chi connectivity index (χ4n) is 1.08. The predicted octanol–water partition coefficient (Wildman–Crippen LogP) is -0.0881. The molecular weight excluding hydrogens is 198 g/mol. The van der Waals surface area contributed by atoms with Crippen LogP contribution in [0.15, 0.2) is 0 Å². The highest BCUT2D eigenvalue weighted by Gasteiger charge is 2.15. The summed E-state index contributed by atoms with van der Waals surface area (Å²) in [7, 11) is 0. The summed E-state index contributed by atoms with van der Waals surface area (Å²) in [5.41, 5.74) is 5.60. The van der Waals surface area contributed by atoms with Crippen molar-refractivity contribution in [3.63, 3.8) is 0 Å². The zero-order valence-corrected chi connectivity index (χ0v) is 9.44. The molecule has 0 aromatic heterocycles. The second-order valence-electron chi connectivity index (χ2n) is 3.74. The van der Waals surface area contributed by atoms with Gasteiger partial charge in [0.05, 0.1) is 19.8 Å². The summed E-state index contributed by atoms with van der Waals surface area (Å²) in [5, 5.41) is 8.41. The molecule has 5 heteroatoms. The minimum atomic E-state index is -0.553. The minimum absolute atomic E-state index is 0.0270. The second-order valence-corrected chi connectivity index (χ2v) is 3.74. The van der Waals surface area contributed by atoms with Gasteiger partial charge in [0.1, 0.15) is 12.6 Å². The van der Waals surface area contributed by atoms with E-state index in [0.717, 1.165) is 0 Å². The number of aliphatic hydroxyl groups excluding tert-OH is 1. The molecule has 0 aliphatic rings. The van der Waals surface area contributed by atoms with Gasteiger partial charge in [-0.25, -0.2) is 0 Å². The van der Waals surface area contributed by atoms with Gasteiger partial charge in [0.25, 0.3) is 0 Å². The molecule has 0 aliphatic heterocycles. The van der Waals surface area contributed by atoms with Gasteiger partial charge in [-0.05, 0) is 12.3 Å². The van der Waals surface area contributed by atoms with Crippen LogP contribution in [-0.2, 0) is 14.3 Å². The maximum atomic E-state index is 11.3. The van der Waals surface area contributed by atoms with Crippen LogP contribution in [0.2, 0.25) is 0 Å². The number of nitrogens with two attached hydrogens (primary N) is 1. The van der Waals surface area contributed by atoms with E-state index in [1.54, 1.807) is 0 Å². The highest BCUT2D eigenvalue weighted by molar-refractivity contribution is 5.75. The molecule has 0 aromatic rings. The number of carbonyl (C=O) groups is 1. The van der Waals surface area contributed by atoms with Crippen molar-refractivity contribution in [1.82, 2.24) is 0 Å². The molecule has 0 saturated heterocycles. The molecule has 0 radical (unpaired) electrons. The van der Waals surface area contributed by atoms with E-state index in [-0.39, 0.29) is 19.8 Å². The van der Waals surface area contributed by atoms with E-state index < -0.39 is 12.0 Å². The first kappa shape index (κ1) is 14.3. The van der Waals surface area contributed by atoms with Crippen molar-refractivity contribution < 1.29 is 19.4 Å². The van der Waals surface area contributed by atoms with Crippen molar-refractivity contribution in [3.05, 3.63) is 0 Å². The highest BCUT2D eigenvalue weighted by Crippen LogP contribution is 2.03. The van der Waals surface area contributed by atoms with Gasteiger partial charge in [-0.2, -0.15) is 0 Å². The fourth-order valence-corrected chi connectivity index (χ4v) is 1.08. The van der Waals surface area contributed by atoms with Gasteiger partial charge in [0.2, 0.25) is 0 Å². The molecule has 0 fully saturated rings. The maximum Gasteiger partial charge on any atom is 0.322 e. The normalized spacial score (nSPS) is 12.9. The lowest BCUT2D eigenvalue weighted by molar-refractivity contribution is -0.147. The SMILES string of the molecule is CC(C)CC(N)C(=O)OCCOCCO. The van der Waals surface area contributed by atoms with E-state index in [9.17, 15) is 4.79 Å². The summed E-state index contributed by atoms with van der Waals surface area (Å²) in [6, 6.07) is -0.553. The molecule has 5 nitrogen and oxygen atoms in total. The number of hydrogen-bond acceptors (Lipinski definition) is 5. The standard InChI is InChI=1S/C10H21NO4/c1-8(2)7-9(11)10(13)15-6-5-14-4-3-12/h8-9,12H,3-7,11H2,1-2H3. The van der Waals surface area contributed by atoms with Crippen LogP contribution in [-0.4, -0.2) is 43.5 Å². The third kappa shape index (κ3) is 8.35. The molecule has 1 unspecified atom stereocenters. The zero-order chi connectivity index (χ0) is 11.7. The van der Waals surface area contributed by atoms with E-state index in [1.807, 2.05) is 13.8 Å². The molecule has 0 heterocycles. The monoisotopic (exact) mass is 219 g/mol. The molecule has 0 bridgehead atoms. The Kier molecular flexibility index (Phi) is 8.27. The van der Waals surface area contributed by atoms with Crippen molar-refractivity contribution in [3.8, 4) is 0 Å². The van der Waals surface area contributed by atoms with Gasteiger partial charge in [0.15, 0.2) is 0 Å². The third-order valence-electron chi connectivity index (χ3n) is 1.74. The summed E-state index contributed by atoms with van der Waals surface area (Å²) < 4.78 is 9.81. The van der Waals surface area contributed by atoms with Crippen molar-refractivity contribution in [2.45, 2.75) is 26.3 Å². The molecule has 0 spiro atoms. The lowest BCUT2D eigenvalue weighted by Crippen LogP contribution is -2.34. The smallest absolute Gasteiger partial charge is 0.322 e. The Morgan fingerprint density at radius 1 is 1.33 bits per heavy atom. The minimum Gasteiger partial charge on any atom is -0.462 e. The quantitative estimate of drug-likeness (QED) is 0.440. The lowest BCUT2D eigenvalue weighted by atomic mass is 10.1. The molecule has 0 rings (SSSR count). The Bertz CT molecular complexity index is 173. The Morgan fingerprint density at radius 2 is 2.00 bits per heavy atom. The van der Waals surface area contributed by atoms with Crippen LogP contribution in [0.5, 0.6) is 0 Å². The van der Waals surface area contributed by atoms with E-state index >= 15 is 0 Å². The average molecular weight is 219 g/mol. The van der Waals surface area contributed by atoms with Gasteiger partial charge >= 0.3 is 5.97 Å². The predicted molar refractivity (Wildman–Crippen MR) is 56.3 cm³/mol. The largest absolute Gasteiger partial charge is 0.462 e. The molecule has 15 heavy (non-hydrogen) atoms. The van der Waals surface area contributed by atoms with Crippen LogP contribution in [0.1, 0.15) is 20.3 Å². The molecule has 0 amide bonds. The molecule has 0 aromatic carbocycles. The molecule has 90 valence electrons. The Labute approximate surface area is 90.5 Å². The van der Waals surface area contributed by atoms with Crippen LogP contribution >= 0.6 is 0 Å². The third-order valence-corrected chi connectivity index (χ3v) is 1.74. The molecule has 0 saturated carbocycles. The Morgan fingerprint density at radius 3 is 2.53 bits per heavy atom. The molecule has 1 atom stereocenters. The van der Waals surface area contributed by atoms with E-state index in [1.165, 1.54) is 0 Å². The molecule has 0 aliphatic carbocycles. The van der Waals surface area contributed by atoms with Gasteiger partial charge in [-0.1, -0.05) is 13.8 Å². The number of rotatable bonds is 8. The van der Waals surface area contributed by atoms with E-state index in [0.29, 0.717) is 18.9 Å². The van der Waals surface area contributed by atoms with E-state index in [4.69, 9.17) is 20.3 Å². The van der Waals surface area contributed by atoms with Crippen molar-refractivity contribution >= 4 is 5.97 Å². The zero-order valence-electron chi connectivity index (χ0n) is 9.44. The van der Waals surface area contributed by atoms with Crippen LogP contribution in [0.3, 0.4) is 0 Å². The van der Waals surface area contributed by atoms with Gasteiger partial charge in [-0.15, -0.1) is 0 Å². The summed E-state index contributed by atoms with van der Waals surface area (Å²) in [6.45, 7) is 4.71. The Balaban J connectivity index is 3.47. The fraction of sp³-hybridized carbons (Fsp3) is 0.900. The van der Waals surface area contributed by atoms with Gasteiger partial charge < -0.3 is 20.3 Å². The second kappa shape index (κ2) is 8.64. The van der Waals surface area contributed by atoms with Gasteiger partial charge in [0, 0.05) is 0 Å². The average Bonchev–Trinajstić information content (AvgIpc) is 2.16. The van der Waals surface area contributed by atoms with Crippen molar-refractivity contribution in [2.75, 3.05) is 26.4 Å². The first-order valence-corrected chi connectivity index (χ1v) is 5.18. The summed E-state index contributed by atoms with van der Waals surface area (Å²) in [4.78, 5) is 11.3. The maximum absolute atomic E-state index is 11.3. The van der Waals surface area contributed by atoms with Crippen LogP contribution in [0, 0.1) is 5.92 Å².